The van der Waals surface area contributed by atoms with Crippen LogP contribution in [-0.4, -0.2) is 24.3 Å². The van der Waals surface area contributed by atoms with E-state index in [1.165, 1.54) is 19.4 Å². The minimum Gasteiger partial charge on any atom is -0.504 e. The van der Waals surface area contributed by atoms with Crippen molar-refractivity contribution in [3.8, 4) is 11.5 Å². The van der Waals surface area contributed by atoms with Gasteiger partial charge in [0.05, 0.1) is 18.9 Å². The molecule has 0 saturated carbocycles. The summed E-state index contributed by atoms with van der Waals surface area (Å²) in [6.07, 6.45) is 1.44. The molecule has 108 valence electrons. The Morgan fingerprint density at radius 1 is 1.33 bits per heavy atom. The molecule has 0 aliphatic rings. The normalized spacial score (nSPS) is 10.5. The Hall–Kier alpha value is -3.02. The smallest absolute Gasteiger partial charge is 0.273 e. The van der Waals surface area contributed by atoms with Crippen molar-refractivity contribution >= 4 is 17.8 Å². The zero-order valence-electron chi connectivity index (χ0n) is 11.4. The van der Waals surface area contributed by atoms with Crippen LogP contribution in [0.2, 0.25) is 0 Å². The first-order chi connectivity index (χ1) is 10.1. The molecule has 2 rings (SSSR count). The summed E-state index contributed by atoms with van der Waals surface area (Å²) in [6, 6.07) is 11.5. The molecule has 21 heavy (non-hydrogen) atoms. The number of benzene rings is 2. The zero-order valence-corrected chi connectivity index (χ0v) is 11.4. The zero-order chi connectivity index (χ0) is 15.2. The summed E-state index contributed by atoms with van der Waals surface area (Å²) < 4.78 is 4.98. The molecule has 0 saturated heterocycles. The van der Waals surface area contributed by atoms with Crippen LogP contribution < -0.4 is 15.9 Å². The summed E-state index contributed by atoms with van der Waals surface area (Å²) in [6.45, 7) is 0. The van der Waals surface area contributed by atoms with Gasteiger partial charge in [0.25, 0.3) is 5.91 Å². The second kappa shape index (κ2) is 6.42. The number of nitrogens with zero attached hydrogens (tertiary/aromatic N) is 1. The fourth-order valence-electron chi connectivity index (χ4n) is 1.70. The number of para-hydroxylation sites is 1. The van der Waals surface area contributed by atoms with E-state index >= 15 is 0 Å². The van der Waals surface area contributed by atoms with E-state index in [0.29, 0.717) is 22.6 Å². The highest BCUT2D eigenvalue weighted by atomic mass is 16.5. The van der Waals surface area contributed by atoms with Crippen LogP contribution in [0, 0.1) is 0 Å². The van der Waals surface area contributed by atoms with E-state index in [9.17, 15) is 9.90 Å². The maximum absolute atomic E-state index is 11.9. The summed E-state index contributed by atoms with van der Waals surface area (Å²) in [7, 11) is 1.45. The molecule has 0 fully saturated rings. The number of hydrogen-bond acceptors (Lipinski definition) is 5. The lowest BCUT2D eigenvalue weighted by Crippen LogP contribution is -2.18. The van der Waals surface area contributed by atoms with Gasteiger partial charge in [0.2, 0.25) is 0 Å². The number of methoxy groups -OCH3 is 1. The highest BCUT2D eigenvalue weighted by molar-refractivity contribution is 5.99. The van der Waals surface area contributed by atoms with Crippen molar-refractivity contribution in [2.24, 2.45) is 5.10 Å². The van der Waals surface area contributed by atoms with Crippen molar-refractivity contribution < 1.29 is 14.6 Å². The van der Waals surface area contributed by atoms with Gasteiger partial charge in [-0.2, -0.15) is 5.10 Å². The van der Waals surface area contributed by atoms with Gasteiger partial charge < -0.3 is 15.6 Å². The number of nitrogens with two attached hydrogens (primary N) is 1. The maximum Gasteiger partial charge on any atom is 0.273 e. The average molecular weight is 285 g/mol. The number of carbonyl (C=O) groups excluding carboxylic acids is 1. The number of phenols is 1. The second-order valence-electron chi connectivity index (χ2n) is 4.22. The summed E-state index contributed by atoms with van der Waals surface area (Å²) in [5.74, 6) is -0.0246. The summed E-state index contributed by atoms with van der Waals surface area (Å²) >= 11 is 0. The van der Waals surface area contributed by atoms with Gasteiger partial charge in [-0.05, 0) is 35.9 Å². The minimum atomic E-state index is -0.393. The van der Waals surface area contributed by atoms with E-state index in [1.54, 1.807) is 36.4 Å². The molecule has 0 unspecified atom stereocenters. The number of anilines is 1. The number of nitrogens with one attached hydrogen (secondary N) is 1. The Morgan fingerprint density at radius 3 is 2.81 bits per heavy atom. The molecule has 0 atom stereocenters. The largest absolute Gasteiger partial charge is 0.504 e. The molecular formula is C15H15N3O3. The van der Waals surface area contributed by atoms with Gasteiger partial charge in [-0.1, -0.05) is 12.1 Å². The van der Waals surface area contributed by atoms with Gasteiger partial charge in [-0.25, -0.2) is 5.43 Å². The Balaban J connectivity index is 2.06. The lowest BCUT2D eigenvalue weighted by Gasteiger charge is -2.04. The molecule has 6 nitrogen and oxygen atoms in total. The van der Waals surface area contributed by atoms with E-state index < -0.39 is 5.91 Å². The Bertz CT molecular complexity index is 684. The van der Waals surface area contributed by atoms with E-state index in [4.69, 9.17) is 10.5 Å². The number of nitrogen functional groups attached to an aromatic ring is 1. The van der Waals surface area contributed by atoms with Gasteiger partial charge in [-0.3, -0.25) is 4.79 Å². The van der Waals surface area contributed by atoms with Crippen LogP contribution in [0.4, 0.5) is 5.69 Å². The first kappa shape index (κ1) is 14.4. The van der Waals surface area contributed by atoms with Crippen LogP contribution in [0.3, 0.4) is 0 Å². The average Bonchev–Trinajstić information content (AvgIpc) is 2.49. The van der Waals surface area contributed by atoms with Gasteiger partial charge in [0.1, 0.15) is 0 Å². The van der Waals surface area contributed by atoms with Crippen molar-refractivity contribution in [1.29, 1.82) is 0 Å². The molecule has 2 aromatic rings. The SMILES string of the molecule is COc1cc(/C=N/NC(=O)c2ccccc2N)ccc1O. The molecule has 0 bridgehead atoms. The van der Waals surface area contributed by atoms with E-state index in [0.717, 1.165) is 0 Å². The lowest BCUT2D eigenvalue weighted by molar-refractivity contribution is 0.0956. The number of carbonyl (C=O) groups is 1. The van der Waals surface area contributed by atoms with Crippen LogP contribution in [0.25, 0.3) is 0 Å². The summed E-state index contributed by atoms with van der Waals surface area (Å²) in [5, 5.41) is 13.3. The van der Waals surface area contributed by atoms with Crippen molar-refractivity contribution in [2.75, 3.05) is 12.8 Å². The predicted octanol–water partition coefficient (Wildman–Crippen LogP) is 1.75. The topological polar surface area (TPSA) is 96.9 Å². The highest BCUT2D eigenvalue weighted by Gasteiger charge is 2.07. The first-order valence-corrected chi connectivity index (χ1v) is 6.16. The minimum absolute atomic E-state index is 0.0377. The van der Waals surface area contributed by atoms with Crippen molar-refractivity contribution in [3.05, 3.63) is 53.6 Å². The third kappa shape index (κ3) is 3.50. The van der Waals surface area contributed by atoms with Crippen molar-refractivity contribution in [3.63, 3.8) is 0 Å². The van der Waals surface area contributed by atoms with Crippen LogP contribution >= 0.6 is 0 Å². The van der Waals surface area contributed by atoms with Crippen molar-refractivity contribution in [2.45, 2.75) is 0 Å². The molecule has 4 N–H and O–H groups in total. The predicted molar refractivity (Wildman–Crippen MR) is 80.6 cm³/mol. The van der Waals surface area contributed by atoms with Gasteiger partial charge in [0, 0.05) is 5.69 Å². The van der Waals surface area contributed by atoms with E-state index in [1.807, 2.05) is 0 Å². The monoisotopic (exact) mass is 285 g/mol. The molecule has 0 aliphatic carbocycles. The Morgan fingerprint density at radius 2 is 2.10 bits per heavy atom. The summed E-state index contributed by atoms with van der Waals surface area (Å²) in [5.41, 5.74) is 9.51. The second-order valence-corrected chi connectivity index (χ2v) is 4.22. The molecule has 0 aliphatic heterocycles. The number of hydrazone groups is 1. The van der Waals surface area contributed by atoms with Crippen LogP contribution in [0.15, 0.2) is 47.6 Å². The highest BCUT2D eigenvalue weighted by Crippen LogP contribution is 2.25. The number of phenolic OH excluding ortho intramolecular Hbond substituents is 1. The standard InChI is InChI=1S/C15H15N3O3/c1-21-14-8-10(6-7-13(14)19)9-17-18-15(20)11-4-2-3-5-12(11)16/h2-9,19H,16H2,1H3,(H,18,20)/b17-9+. The number of rotatable bonds is 4. The third-order valence-electron chi connectivity index (χ3n) is 2.79. The van der Waals surface area contributed by atoms with Crippen LogP contribution in [0.5, 0.6) is 11.5 Å². The third-order valence-corrected chi connectivity index (χ3v) is 2.79. The van der Waals surface area contributed by atoms with E-state index in [2.05, 4.69) is 10.5 Å². The van der Waals surface area contributed by atoms with Crippen molar-refractivity contribution in [1.82, 2.24) is 5.43 Å². The van der Waals surface area contributed by atoms with Gasteiger partial charge in [0.15, 0.2) is 11.5 Å². The molecule has 2 aromatic carbocycles. The van der Waals surface area contributed by atoms with Gasteiger partial charge >= 0.3 is 0 Å². The number of hydrogen-bond donors (Lipinski definition) is 3. The first-order valence-electron chi connectivity index (χ1n) is 6.16. The Labute approximate surface area is 121 Å². The molecular weight excluding hydrogens is 270 g/mol. The molecule has 0 spiro atoms. The van der Waals surface area contributed by atoms with Gasteiger partial charge in [-0.15, -0.1) is 0 Å². The fourth-order valence-corrected chi connectivity index (χ4v) is 1.70. The number of ether oxygens (including phenoxy) is 1. The molecule has 0 heterocycles. The Kier molecular flexibility index (Phi) is 4.40. The number of amides is 1. The lowest BCUT2D eigenvalue weighted by atomic mass is 10.2. The quantitative estimate of drug-likeness (QED) is 0.453. The fraction of sp³-hybridized carbons (Fsp3) is 0.0667. The molecule has 1 amide bonds. The molecule has 0 radical (unpaired) electrons. The maximum atomic E-state index is 11.9. The van der Waals surface area contributed by atoms with E-state index in [-0.39, 0.29) is 5.75 Å². The summed E-state index contributed by atoms with van der Waals surface area (Å²) in [4.78, 5) is 11.9. The molecule has 6 heteroatoms. The van der Waals surface area contributed by atoms with Crippen LogP contribution in [0.1, 0.15) is 15.9 Å². The number of aromatic hydroxyl groups is 1. The van der Waals surface area contributed by atoms with Crippen LogP contribution in [-0.2, 0) is 0 Å². The molecule has 0 aromatic heterocycles.